The quantitative estimate of drug-likeness (QED) is 0.864. The van der Waals surface area contributed by atoms with Gasteiger partial charge < -0.3 is 15.4 Å². The fraction of sp³-hybridized carbons (Fsp3) is 0.600. The van der Waals surface area contributed by atoms with Crippen molar-refractivity contribution in [1.82, 2.24) is 10.3 Å². The lowest BCUT2D eigenvalue weighted by Crippen LogP contribution is -2.40. The number of carbonyl (C=O) groups excluding carboxylic acids is 1. The number of carbonyl (C=O) groups is 1. The molecule has 1 aliphatic rings. The third-order valence-corrected chi connectivity index (χ3v) is 3.67. The third kappa shape index (κ3) is 3.93. The van der Waals surface area contributed by atoms with Crippen molar-refractivity contribution in [3.63, 3.8) is 0 Å². The molecular formula is C15H23N3O2. The average molecular weight is 277 g/mol. The molecule has 110 valence electrons. The zero-order valence-electron chi connectivity index (χ0n) is 12.2. The number of hydrogen-bond donors (Lipinski definition) is 2. The van der Waals surface area contributed by atoms with Crippen LogP contribution in [0.5, 0.6) is 0 Å². The molecule has 1 aromatic heterocycles. The Kier molecular flexibility index (Phi) is 5.35. The summed E-state index contributed by atoms with van der Waals surface area (Å²) in [6.45, 7) is 6.43. The van der Waals surface area contributed by atoms with Crippen LogP contribution in [0.25, 0.3) is 0 Å². The highest BCUT2D eigenvalue weighted by atomic mass is 16.5. The summed E-state index contributed by atoms with van der Waals surface area (Å²) in [5.41, 5.74) is 0.461. The molecule has 1 saturated heterocycles. The summed E-state index contributed by atoms with van der Waals surface area (Å²) in [5.74, 6) is 1.12. The molecule has 2 rings (SSSR count). The van der Waals surface area contributed by atoms with Gasteiger partial charge in [0.15, 0.2) is 0 Å². The van der Waals surface area contributed by atoms with E-state index in [0.29, 0.717) is 11.6 Å². The smallest absolute Gasteiger partial charge is 0.270 e. The predicted octanol–water partition coefficient (Wildman–Crippen LogP) is 2.06. The molecule has 20 heavy (non-hydrogen) atoms. The van der Waals surface area contributed by atoms with Crippen molar-refractivity contribution in [2.75, 3.05) is 25.1 Å². The minimum atomic E-state index is -0.108. The van der Waals surface area contributed by atoms with Gasteiger partial charge in [0.25, 0.3) is 5.91 Å². The Bertz CT molecular complexity index is 444. The molecule has 1 amide bonds. The van der Waals surface area contributed by atoms with Crippen molar-refractivity contribution in [3.8, 4) is 0 Å². The number of pyridine rings is 1. The van der Waals surface area contributed by atoms with Crippen LogP contribution in [0.1, 0.15) is 37.2 Å². The first kappa shape index (κ1) is 14.8. The van der Waals surface area contributed by atoms with Gasteiger partial charge in [0.1, 0.15) is 11.5 Å². The third-order valence-electron chi connectivity index (χ3n) is 3.67. The number of anilines is 1. The SMILES string of the molecule is CCNc1cccc(C(=O)NC(C)C2CCOCC2)n1. The molecule has 5 nitrogen and oxygen atoms in total. The van der Waals surface area contributed by atoms with Crippen LogP contribution in [-0.2, 0) is 4.74 Å². The Labute approximate surface area is 120 Å². The van der Waals surface area contributed by atoms with Gasteiger partial charge in [0.2, 0.25) is 0 Å². The van der Waals surface area contributed by atoms with Crippen molar-refractivity contribution in [2.24, 2.45) is 5.92 Å². The topological polar surface area (TPSA) is 63.2 Å². The summed E-state index contributed by atoms with van der Waals surface area (Å²) in [6.07, 6.45) is 2.01. The van der Waals surface area contributed by atoms with E-state index in [1.807, 2.05) is 19.1 Å². The second-order valence-electron chi connectivity index (χ2n) is 5.15. The Morgan fingerprint density at radius 2 is 2.20 bits per heavy atom. The summed E-state index contributed by atoms with van der Waals surface area (Å²) >= 11 is 0. The second-order valence-corrected chi connectivity index (χ2v) is 5.15. The van der Waals surface area contributed by atoms with Gasteiger partial charge in [0.05, 0.1) is 0 Å². The van der Waals surface area contributed by atoms with Gasteiger partial charge in [-0.15, -0.1) is 0 Å². The molecular weight excluding hydrogens is 254 g/mol. The van der Waals surface area contributed by atoms with Crippen molar-refractivity contribution >= 4 is 11.7 Å². The molecule has 5 heteroatoms. The number of nitrogens with one attached hydrogen (secondary N) is 2. The van der Waals surface area contributed by atoms with Gasteiger partial charge in [-0.2, -0.15) is 0 Å². The lowest BCUT2D eigenvalue weighted by molar-refractivity contribution is 0.0537. The van der Waals surface area contributed by atoms with Crippen LogP contribution in [0.3, 0.4) is 0 Å². The molecule has 0 spiro atoms. The molecule has 0 radical (unpaired) electrons. The van der Waals surface area contributed by atoms with Gasteiger partial charge in [-0.1, -0.05) is 6.07 Å². The maximum absolute atomic E-state index is 12.2. The zero-order valence-corrected chi connectivity index (χ0v) is 12.2. The van der Waals surface area contributed by atoms with E-state index in [4.69, 9.17) is 4.74 Å². The number of nitrogens with zero attached hydrogens (tertiary/aromatic N) is 1. The minimum absolute atomic E-state index is 0.108. The van der Waals surface area contributed by atoms with Crippen LogP contribution in [0.4, 0.5) is 5.82 Å². The van der Waals surface area contributed by atoms with Crippen molar-refractivity contribution in [3.05, 3.63) is 23.9 Å². The molecule has 1 atom stereocenters. The number of ether oxygens (including phenoxy) is 1. The Morgan fingerprint density at radius 3 is 2.90 bits per heavy atom. The summed E-state index contributed by atoms with van der Waals surface area (Å²) in [5, 5.41) is 6.16. The summed E-state index contributed by atoms with van der Waals surface area (Å²) < 4.78 is 5.35. The average Bonchev–Trinajstić information content (AvgIpc) is 2.48. The standard InChI is InChI=1S/C15H23N3O2/c1-3-16-14-6-4-5-13(18-14)15(19)17-11(2)12-7-9-20-10-8-12/h4-6,11-12H,3,7-10H2,1-2H3,(H,16,18)(H,17,19). The molecule has 1 aliphatic heterocycles. The Hall–Kier alpha value is -1.62. The maximum Gasteiger partial charge on any atom is 0.270 e. The molecule has 0 saturated carbocycles. The van der Waals surface area contributed by atoms with E-state index in [9.17, 15) is 4.79 Å². The largest absolute Gasteiger partial charge is 0.381 e. The van der Waals surface area contributed by atoms with Crippen LogP contribution < -0.4 is 10.6 Å². The highest BCUT2D eigenvalue weighted by Crippen LogP contribution is 2.18. The fourth-order valence-corrected chi connectivity index (χ4v) is 2.46. The van der Waals surface area contributed by atoms with Gasteiger partial charge in [-0.05, 0) is 44.7 Å². The van der Waals surface area contributed by atoms with E-state index < -0.39 is 0 Å². The van der Waals surface area contributed by atoms with Gasteiger partial charge >= 0.3 is 0 Å². The Balaban J connectivity index is 1.94. The normalized spacial score (nSPS) is 17.5. The number of aromatic nitrogens is 1. The Morgan fingerprint density at radius 1 is 1.45 bits per heavy atom. The molecule has 2 heterocycles. The van der Waals surface area contributed by atoms with E-state index in [-0.39, 0.29) is 11.9 Å². The van der Waals surface area contributed by atoms with E-state index in [0.717, 1.165) is 38.4 Å². The van der Waals surface area contributed by atoms with Crippen LogP contribution in [0.2, 0.25) is 0 Å². The molecule has 1 aromatic rings. The number of rotatable bonds is 5. The second kappa shape index (κ2) is 7.24. The van der Waals surface area contributed by atoms with E-state index in [1.54, 1.807) is 6.07 Å². The van der Waals surface area contributed by atoms with Crippen molar-refractivity contribution < 1.29 is 9.53 Å². The molecule has 1 fully saturated rings. The summed E-state index contributed by atoms with van der Waals surface area (Å²) in [4.78, 5) is 16.5. The fourth-order valence-electron chi connectivity index (χ4n) is 2.46. The van der Waals surface area contributed by atoms with Gasteiger partial charge in [-0.25, -0.2) is 4.98 Å². The minimum Gasteiger partial charge on any atom is -0.381 e. The van der Waals surface area contributed by atoms with Crippen molar-refractivity contribution in [2.45, 2.75) is 32.7 Å². The first-order valence-corrected chi connectivity index (χ1v) is 7.30. The monoisotopic (exact) mass is 277 g/mol. The molecule has 0 bridgehead atoms. The van der Waals surface area contributed by atoms with Crippen LogP contribution in [0, 0.1) is 5.92 Å². The highest BCUT2D eigenvalue weighted by Gasteiger charge is 2.22. The lowest BCUT2D eigenvalue weighted by Gasteiger charge is -2.28. The maximum atomic E-state index is 12.2. The zero-order chi connectivity index (χ0) is 14.4. The molecule has 0 aliphatic carbocycles. The van der Waals surface area contributed by atoms with Gasteiger partial charge in [-0.3, -0.25) is 4.79 Å². The predicted molar refractivity (Wildman–Crippen MR) is 78.9 cm³/mol. The lowest BCUT2D eigenvalue weighted by atomic mass is 9.93. The summed E-state index contributed by atoms with van der Waals surface area (Å²) in [7, 11) is 0. The summed E-state index contributed by atoms with van der Waals surface area (Å²) in [6, 6.07) is 5.60. The van der Waals surface area contributed by atoms with Crippen LogP contribution in [-0.4, -0.2) is 36.7 Å². The number of hydrogen-bond acceptors (Lipinski definition) is 4. The highest BCUT2D eigenvalue weighted by molar-refractivity contribution is 5.92. The molecule has 2 N–H and O–H groups in total. The number of amides is 1. The van der Waals surface area contributed by atoms with E-state index in [2.05, 4.69) is 22.5 Å². The van der Waals surface area contributed by atoms with Crippen LogP contribution >= 0.6 is 0 Å². The first-order valence-electron chi connectivity index (χ1n) is 7.30. The van der Waals surface area contributed by atoms with Gasteiger partial charge in [0, 0.05) is 25.8 Å². The molecule has 1 unspecified atom stereocenters. The van der Waals surface area contributed by atoms with E-state index in [1.165, 1.54) is 0 Å². The van der Waals surface area contributed by atoms with Crippen molar-refractivity contribution in [1.29, 1.82) is 0 Å². The first-order chi connectivity index (χ1) is 9.70. The molecule has 0 aromatic carbocycles. The van der Waals surface area contributed by atoms with Crippen LogP contribution in [0.15, 0.2) is 18.2 Å². The van der Waals surface area contributed by atoms with E-state index >= 15 is 0 Å².